The third kappa shape index (κ3) is 4.77. The average Bonchev–Trinajstić information content (AvgIpc) is 2.80. The van der Waals surface area contributed by atoms with Gasteiger partial charge >= 0.3 is 12.0 Å². The second-order valence-electron chi connectivity index (χ2n) is 7.02. The van der Waals surface area contributed by atoms with E-state index in [4.69, 9.17) is 5.11 Å². The van der Waals surface area contributed by atoms with E-state index >= 15 is 0 Å². The monoisotopic (exact) mass is 540 g/mol. The number of carbonyl (C=O) groups excluding carboxylic acids is 1. The van der Waals surface area contributed by atoms with Gasteiger partial charge in [0.25, 0.3) is 11.2 Å². The van der Waals surface area contributed by atoms with Crippen molar-refractivity contribution in [3.8, 4) is 5.69 Å². The highest BCUT2D eigenvalue weighted by atomic mass is 79.9. The number of benzene rings is 2. The Hall–Kier alpha value is -4.85. The Morgan fingerprint density at radius 3 is 2.51 bits per heavy atom. The van der Waals surface area contributed by atoms with Gasteiger partial charge < -0.3 is 25.3 Å². The van der Waals surface area contributed by atoms with E-state index in [2.05, 4.69) is 36.5 Å². The highest BCUT2D eigenvalue weighted by Crippen LogP contribution is 2.27. The zero-order chi connectivity index (χ0) is 25.3. The Labute approximate surface area is 202 Å². The number of halogens is 1. The zero-order valence-corrected chi connectivity index (χ0v) is 18.9. The lowest BCUT2D eigenvalue weighted by atomic mass is 10.2. The fourth-order valence-electron chi connectivity index (χ4n) is 3.17. The Morgan fingerprint density at radius 1 is 1.11 bits per heavy atom. The van der Waals surface area contributed by atoms with Crippen LogP contribution in [0.25, 0.3) is 16.7 Å². The summed E-state index contributed by atoms with van der Waals surface area (Å²) < 4.78 is 1.80. The normalized spacial score (nSPS) is 10.7. The topological polar surface area (TPSA) is 189 Å². The molecule has 0 aliphatic heterocycles. The van der Waals surface area contributed by atoms with E-state index in [9.17, 15) is 29.3 Å². The number of urea groups is 1. The van der Waals surface area contributed by atoms with Gasteiger partial charge in [-0.3, -0.25) is 19.7 Å². The number of pyridine rings is 1. The van der Waals surface area contributed by atoms with Gasteiger partial charge in [0.1, 0.15) is 11.4 Å². The van der Waals surface area contributed by atoms with E-state index in [1.54, 1.807) is 24.3 Å². The first kappa shape index (κ1) is 23.3. The number of hydrogen-bond donors (Lipinski definition) is 4. The van der Waals surface area contributed by atoms with Crippen LogP contribution in [0.3, 0.4) is 0 Å². The fraction of sp³-hybridized carbons (Fsp3) is 0. The Morgan fingerprint density at radius 2 is 1.83 bits per heavy atom. The number of rotatable bonds is 5. The maximum atomic E-state index is 12.4. The number of aromatic carboxylic acids is 1. The van der Waals surface area contributed by atoms with Crippen LogP contribution in [0.15, 0.2) is 68.9 Å². The van der Waals surface area contributed by atoms with Crippen LogP contribution in [0.5, 0.6) is 0 Å². The minimum absolute atomic E-state index is 0.0394. The summed E-state index contributed by atoms with van der Waals surface area (Å²) in [5.41, 5.74) is -2.76. The molecule has 0 unspecified atom stereocenters. The fourth-order valence-corrected chi connectivity index (χ4v) is 3.56. The number of carbonyl (C=O) groups is 2. The van der Waals surface area contributed by atoms with E-state index in [1.165, 1.54) is 23.0 Å². The number of para-hydroxylation sites is 1. The second-order valence-corrected chi connectivity index (χ2v) is 7.88. The molecular formula is C21H13BrN6O7. The molecule has 4 aromatic rings. The maximum absolute atomic E-state index is 12.4. The summed E-state index contributed by atoms with van der Waals surface area (Å²) in [6, 6.07) is 9.36. The first-order valence-corrected chi connectivity index (χ1v) is 10.4. The van der Waals surface area contributed by atoms with Crippen LogP contribution in [-0.2, 0) is 0 Å². The van der Waals surface area contributed by atoms with Crippen LogP contribution in [-0.4, -0.2) is 36.6 Å². The van der Waals surface area contributed by atoms with Crippen LogP contribution in [0, 0.1) is 10.1 Å². The lowest BCUT2D eigenvalue weighted by Gasteiger charge is -2.12. The van der Waals surface area contributed by atoms with E-state index in [0.29, 0.717) is 10.2 Å². The molecular weight excluding hydrogens is 528 g/mol. The minimum Gasteiger partial charge on any atom is -0.476 e. The number of carboxylic acids is 1. The summed E-state index contributed by atoms with van der Waals surface area (Å²) in [5, 5.41) is 25.8. The van der Waals surface area contributed by atoms with Crippen molar-refractivity contribution >= 4 is 56.0 Å². The average molecular weight is 541 g/mol. The molecule has 2 amide bonds. The van der Waals surface area contributed by atoms with Crippen molar-refractivity contribution in [3.05, 3.63) is 95.7 Å². The highest BCUT2D eigenvalue weighted by molar-refractivity contribution is 9.10. The number of nitro benzene ring substituents is 1. The molecule has 35 heavy (non-hydrogen) atoms. The number of aromatic amines is 1. The van der Waals surface area contributed by atoms with Gasteiger partial charge in [-0.15, -0.1) is 0 Å². The highest BCUT2D eigenvalue weighted by Gasteiger charge is 2.21. The number of fused-ring (bicyclic) bond motifs is 1. The smallest absolute Gasteiger partial charge is 0.360 e. The largest absolute Gasteiger partial charge is 0.476 e. The van der Waals surface area contributed by atoms with Gasteiger partial charge in [0, 0.05) is 29.0 Å². The quantitative estimate of drug-likeness (QED) is 0.219. The number of amides is 2. The molecule has 0 atom stereocenters. The van der Waals surface area contributed by atoms with Gasteiger partial charge in [0.05, 0.1) is 21.6 Å². The Bertz CT molecular complexity index is 1650. The van der Waals surface area contributed by atoms with Crippen LogP contribution in [0.2, 0.25) is 0 Å². The van der Waals surface area contributed by atoms with Gasteiger partial charge in [-0.25, -0.2) is 14.6 Å². The molecule has 176 valence electrons. The molecule has 2 heterocycles. The van der Waals surface area contributed by atoms with Gasteiger partial charge in [0.2, 0.25) is 11.1 Å². The van der Waals surface area contributed by atoms with Crippen LogP contribution < -0.4 is 21.6 Å². The van der Waals surface area contributed by atoms with Crippen molar-refractivity contribution in [1.82, 2.24) is 14.5 Å². The molecule has 4 rings (SSSR count). The number of hydrogen-bond acceptors (Lipinski definition) is 7. The zero-order valence-electron chi connectivity index (χ0n) is 17.3. The van der Waals surface area contributed by atoms with Crippen molar-refractivity contribution < 1.29 is 19.6 Å². The molecule has 14 heteroatoms. The molecule has 2 aromatic heterocycles. The van der Waals surface area contributed by atoms with Crippen LogP contribution >= 0.6 is 15.9 Å². The lowest BCUT2D eigenvalue weighted by molar-refractivity contribution is -0.384. The predicted molar refractivity (Wildman–Crippen MR) is 128 cm³/mol. The number of H-pyrrole nitrogens is 1. The number of carboxylic acid groups (broad SMARTS) is 1. The van der Waals surface area contributed by atoms with Gasteiger partial charge in [-0.05, 0) is 34.1 Å². The SMILES string of the molecule is O=C(Nc1ccccc1Br)Nc1cn(-c2cc3nc(C(=O)O)c(=O)[nH]c3cc2[N+](=O)[O-])ccc1=O. The molecule has 0 aliphatic carbocycles. The van der Waals surface area contributed by atoms with E-state index < -0.39 is 39.3 Å². The summed E-state index contributed by atoms with van der Waals surface area (Å²) in [4.78, 5) is 64.9. The molecule has 0 spiro atoms. The molecule has 0 fully saturated rings. The maximum Gasteiger partial charge on any atom is 0.360 e. The Balaban J connectivity index is 1.77. The summed E-state index contributed by atoms with van der Waals surface area (Å²) >= 11 is 3.29. The van der Waals surface area contributed by atoms with E-state index in [1.807, 2.05) is 0 Å². The number of anilines is 2. The van der Waals surface area contributed by atoms with Crippen molar-refractivity contribution in [2.45, 2.75) is 0 Å². The minimum atomic E-state index is -1.57. The third-order valence-corrected chi connectivity index (χ3v) is 5.45. The number of nitrogens with one attached hydrogen (secondary N) is 3. The second kappa shape index (κ2) is 9.18. The molecule has 2 aromatic carbocycles. The number of nitro groups is 1. The third-order valence-electron chi connectivity index (χ3n) is 4.76. The van der Waals surface area contributed by atoms with Gasteiger partial charge in [0.15, 0.2) is 0 Å². The number of nitrogens with zero attached hydrogens (tertiary/aromatic N) is 3. The molecule has 0 saturated heterocycles. The van der Waals surface area contributed by atoms with Gasteiger partial charge in [-0.1, -0.05) is 12.1 Å². The van der Waals surface area contributed by atoms with E-state index in [0.717, 1.165) is 12.1 Å². The van der Waals surface area contributed by atoms with Crippen molar-refractivity contribution in [1.29, 1.82) is 0 Å². The number of aromatic nitrogens is 3. The predicted octanol–water partition coefficient (Wildman–Crippen LogP) is 3.09. The molecule has 4 N–H and O–H groups in total. The molecule has 0 radical (unpaired) electrons. The molecule has 0 saturated carbocycles. The van der Waals surface area contributed by atoms with Crippen molar-refractivity contribution in [2.24, 2.45) is 0 Å². The summed E-state index contributed by atoms with van der Waals surface area (Å²) in [5.74, 6) is -1.57. The first-order chi connectivity index (χ1) is 16.6. The molecule has 0 aliphatic rings. The van der Waals surface area contributed by atoms with Crippen LogP contribution in [0.1, 0.15) is 10.5 Å². The summed E-state index contributed by atoms with van der Waals surface area (Å²) in [7, 11) is 0. The molecule has 13 nitrogen and oxygen atoms in total. The lowest BCUT2D eigenvalue weighted by Crippen LogP contribution is -2.24. The van der Waals surface area contributed by atoms with Crippen LogP contribution in [0.4, 0.5) is 21.9 Å². The van der Waals surface area contributed by atoms with Crippen molar-refractivity contribution in [2.75, 3.05) is 10.6 Å². The summed E-state index contributed by atoms with van der Waals surface area (Å²) in [6.07, 6.45) is 2.40. The summed E-state index contributed by atoms with van der Waals surface area (Å²) in [6.45, 7) is 0. The Kier molecular flexibility index (Phi) is 6.12. The molecule has 0 bridgehead atoms. The first-order valence-electron chi connectivity index (χ1n) is 9.65. The standard InChI is InChI=1S/C21H13BrN6O7/c22-10-3-1-2-4-11(10)25-21(33)26-14-9-27(6-5-17(14)29)15-7-12-13(8-16(15)28(34)35)24-19(30)18(23-12)20(31)32/h1-9H,(H,24,30)(H,31,32)(H2,25,26,33). The van der Waals surface area contributed by atoms with E-state index in [-0.39, 0.29) is 22.4 Å². The van der Waals surface area contributed by atoms with Crippen molar-refractivity contribution in [3.63, 3.8) is 0 Å². The van der Waals surface area contributed by atoms with Gasteiger partial charge in [-0.2, -0.15) is 0 Å².